The Labute approximate surface area is 221 Å². The first-order valence-electron chi connectivity index (χ1n) is 12.8. The number of piperidine rings is 1. The lowest BCUT2D eigenvalue weighted by Gasteiger charge is -2.38. The molecule has 2 N–H and O–H groups in total. The quantitative estimate of drug-likeness (QED) is 0.397. The number of fused-ring (bicyclic) bond motifs is 1. The highest BCUT2D eigenvalue weighted by atomic mass is 16.6. The van der Waals surface area contributed by atoms with Gasteiger partial charge in [-0.1, -0.05) is 13.0 Å². The molecule has 38 heavy (non-hydrogen) atoms. The summed E-state index contributed by atoms with van der Waals surface area (Å²) in [5.41, 5.74) is 1.76. The van der Waals surface area contributed by atoms with E-state index in [1.165, 1.54) is 6.20 Å². The number of aromatic amines is 1. The third-order valence-corrected chi connectivity index (χ3v) is 6.63. The number of nitrogens with one attached hydrogen (secondary N) is 2. The van der Waals surface area contributed by atoms with Crippen molar-refractivity contribution in [1.29, 1.82) is 0 Å². The van der Waals surface area contributed by atoms with Crippen molar-refractivity contribution in [2.24, 2.45) is 5.92 Å². The molecule has 0 radical (unpaired) electrons. The van der Waals surface area contributed by atoms with Gasteiger partial charge in [0, 0.05) is 18.1 Å². The molecule has 2 amide bonds. The smallest absolute Gasteiger partial charge is 0.313 e. The number of esters is 1. The first-order valence-corrected chi connectivity index (χ1v) is 12.8. The van der Waals surface area contributed by atoms with E-state index in [0.717, 1.165) is 23.8 Å². The summed E-state index contributed by atoms with van der Waals surface area (Å²) in [5.74, 6) is -1.50. The summed E-state index contributed by atoms with van der Waals surface area (Å²) < 4.78 is 5.36. The van der Waals surface area contributed by atoms with Gasteiger partial charge in [0.2, 0.25) is 0 Å². The number of hydrogen-bond donors (Lipinski definition) is 2. The maximum atomic E-state index is 13.4. The van der Waals surface area contributed by atoms with Gasteiger partial charge in [0.25, 0.3) is 5.56 Å². The predicted molar refractivity (Wildman–Crippen MR) is 145 cm³/mol. The van der Waals surface area contributed by atoms with E-state index in [9.17, 15) is 19.2 Å². The molecule has 1 fully saturated rings. The molecule has 0 aliphatic carbocycles. The van der Waals surface area contributed by atoms with Crippen molar-refractivity contribution in [1.82, 2.24) is 14.9 Å². The summed E-state index contributed by atoms with van der Waals surface area (Å²) in [6.07, 6.45) is 4.69. The van der Waals surface area contributed by atoms with Crippen LogP contribution in [0.25, 0.3) is 10.8 Å². The van der Waals surface area contributed by atoms with E-state index >= 15 is 0 Å². The SMILES string of the molecule is Cc1cc(NC(=O)C(=O)N2C[C@H](C)CCC2c2ccc3c(=O)[nH]ccc3c2)cnc1CC(=O)OC(C)(C)C. The Balaban J connectivity index is 1.49. The van der Waals surface area contributed by atoms with Crippen molar-refractivity contribution >= 4 is 34.2 Å². The number of aryl methyl sites for hydroxylation is 1. The molecule has 0 saturated carbocycles. The van der Waals surface area contributed by atoms with Gasteiger partial charge in [-0.05, 0) is 87.2 Å². The molecular formula is C29H34N4O5. The van der Waals surface area contributed by atoms with Crippen molar-refractivity contribution in [3.05, 3.63) is 69.9 Å². The van der Waals surface area contributed by atoms with E-state index in [1.54, 1.807) is 50.9 Å². The zero-order chi connectivity index (χ0) is 27.6. The first-order chi connectivity index (χ1) is 17.9. The number of amides is 2. The van der Waals surface area contributed by atoms with Crippen LogP contribution in [-0.4, -0.2) is 44.8 Å². The number of pyridine rings is 2. The normalized spacial score (nSPS) is 17.8. The maximum absolute atomic E-state index is 13.4. The number of likely N-dealkylation sites (tertiary alicyclic amines) is 1. The van der Waals surface area contributed by atoms with Crippen molar-refractivity contribution in [2.45, 2.75) is 65.5 Å². The fourth-order valence-corrected chi connectivity index (χ4v) is 4.83. The van der Waals surface area contributed by atoms with Crippen LogP contribution in [0.1, 0.15) is 63.4 Å². The number of hydrogen-bond acceptors (Lipinski definition) is 6. The van der Waals surface area contributed by atoms with E-state index in [2.05, 4.69) is 22.2 Å². The third kappa shape index (κ3) is 6.27. The average Bonchev–Trinajstić information content (AvgIpc) is 2.84. The molecule has 1 aromatic carbocycles. The van der Waals surface area contributed by atoms with Crippen LogP contribution in [0.4, 0.5) is 5.69 Å². The molecule has 1 aliphatic rings. The molecule has 9 heteroatoms. The maximum Gasteiger partial charge on any atom is 0.313 e. The second-order valence-electron chi connectivity index (χ2n) is 11.0. The van der Waals surface area contributed by atoms with Gasteiger partial charge in [0.15, 0.2) is 0 Å². The van der Waals surface area contributed by atoms with Crippen molar-refractivity contribution in [3.63, 3.8) is 0 Å². The molecule has 3 heterocycles. The molecule has 200 valence electrons. The van der Waals surface area contributed by atoms with Crippen LogP contribution in [0.2, 0.25) is 0 Å². The van der Waals surface area contributed by atoms with Crippen molar-refractivity contribution in [2.75, 3.05) is 11.9 Å². The van der Waals surface area contributed by atoms with Crippen LogP contribution < -0.4 is 10.9 Å². The van der Waals surface area contributed by atoms with Crippen LogP contribution in [0, 0.1) is 12.8 Å². The second kappa shape index (κ2) is 10.8. The topological polar surface area (TPSA) is 121 Å². The standard InChI is InChI=1S/C29H34N4O5/c1-17-6-9-24(20-7-8-22-19(13-20)10-11-30-26(22)35)33(16-17)28(37)27(36)32-21-12-18(2)23(31-15-21)14-25(34)38-29(3,4)5/h7-8,10-13,15,17,24H,6,9,14,16H2,1-5H3,(H,30,35)(H,32,36)/t17-,24?/m1/s1. The van der Waals surface area contributed by atoms with Gasteiger partial charge in [-0.2, -0.15) is 0 Å². The number of aromatic nitrogens is 2. The monoisotopic (exact) mass is 518 g/mol. The van der Waals surface area contributed by atoms with E-state index in [1.807, 2.05) is 18.2 Å². The Bertz CT molecular complexity index is 1440. The highest BCUT2D eigenvalue weighted by Crippen LogP contribution is 2.34. The van der Waals surface area contributed by atoms with Gasteiger partial charge < -0.3 is 19.9 Å². The molecule has 9 nitrogen and oxygen atoms in total. The third-order valence-electron chi connectivity index (χ3n) is 6.63. The number of carbonyl (C=O) groups excluding carboxylic acids is 3. The average molecular weight is 519 g/mol. The Hall–Kier alpha value is -4.01. The molecular weight excluding hydrogens is 484 g/mol. The van der Waals surface area contributed by atoms with Gasteiger partial charge >= 0.3 is 17.8 Å². The highest BCUT2D eigenvalue weighted by molar-refractivity contribution is 6.39. The van der Waals surface area contributed by atoms with E-state index < -0.39 is 17.4 Å². The van der Waals surface area contributed by atoms with Gasteiger partial charge in [-0.25, -0.2) is 0 Å². The van der Waals surface area contributed by atoms with Crippen LogP contribution >= 0.6 is 0 Å². The van der Waals surface area contributed by atoms with Crippen LogP contribution in [0.15, 0.2) is 47.5 Å². The van der Waals surface area contributed by atoms with Gasteiger partial charge in [0.05, 0.1) is 30.0 Å². The number of nitrogens with zero attached hydrogens (tertiary/aromatic N) is 2. The second-order valence-corrected chi connectivity index (χ2v) is 11.0. The highest BCUT2D eigenvalue weighted by Gasteiger charge is 2.34. The lowest BCUT2D eigenvalue weighted by Crippen LogP contribution is -2.46. The molecule has 1 unspecified atom stereocenters. The minimum Gasteiger partial charge on any atom is -0.460 e. The molecule has 2 atom stereocenters. The summed E-state index contributed by atoms with van der Waals surface area (Å²) in [6, 6.07) is 8.77. The van der Waals surface area contributed by atoms with Crippen LogP contribution in [-0.2, 0) is 25.5 Å². The molecule has 1 aliphatic heterocycles. The molecule has 0 spiro atoms. The van der Waals surface area contributed by atoms with Gasteiger partial charge in [-0.3, -0.25) is 24.2 Å². The molecule has 4 rings (SSSR count). The van der Waals surface area contributed by atoms with Crippen molar-refractivity contribution in [3.8, 4) is 0 Å². The Kier molecular flexibility index (Phi) is 7.66. The summed E-state index contributed by atoms with van der Waals surface area (Å²) in [4.78, 5) is 59.3. The summed E-state index contributed by atoms with van der Waals surface area (Å²) >= 11 is 0. The van der Waals surface area contributed by atoms with Gasteiger partial charge in [-0.15, -0.1) is 0 Å². The zero-order valence-corrected chi connectivity index (χ0v) is 22.5. The first kappa shape index (κ1) is 27.0. The minimum atomic E-state index is -0.748. The Morgan fingerprint density at radius 3 is 2.63 bits per heavy atom. The van der Waals surface area contributed by atoms with Crippen LogP contribution in [0.3, 0.4) is 0 Å². The zero-order valence-electron chi connectivity index (χ0n) is 22.5. The van der Waals surface area contributed by atoms with E-state index in [-0.39, 0.29) is 29.9 Å². The van der Waals surface area contributed by atoms with E-state index in [0.29, 0.717) is 28.9 Å². The number of ether oxygens (including phenoxy) is 1. The number of anilines is 1. The summed E-state index contributed by atoms with van der Waals surface area (Å²) in [6.45, 7) is 9.71. The minimum absolute atomic E-state index is 0.0151. The van der Waals surface area contributed by atoms with Crippen molar-refractivity contribution < 1.29 is 19.1 Å². The molecule has 3 aromatic rings. The molecule has 1 saturated heterocycles. The number of H-pyrrole nitrogens is 1. The number of rotatable bonds is 4. The largest absolute Gasteiger partial charge is 0.460 e. The summed E-state index contributed by atoms with van der Waals surface area (Å²) in [5, 5.41) is 4.03. The molecule has 2 aromatic heterocycles. The number of benzene rings is 1. The Morgan fingerprint density at radius 2 is 1.92 bits per heavy atom. The van der Waals surface area contributed by atoms with Crippen LogP contribution in [0.5, 0.6) is 0 Å². The fraction of sp³-hybridized carbons (Fsp3) is 0.414. The summed E-state index contributed by atoms with van der Waals surface area (Å²) in [7, 11) is 0. The lowest BCUT2D eigenvalue weighted by molar-refractivity contribution is -0.154. The predicted octanol–water partition coefficient (Wildman–Crippen LogP) is 4.05. The van der Waals surface area contributed by atoms with Gasteiger partial charge in [0.1, 0.15) is 5.60 Å². The molecule has 0 bridgehead atoms. The lowest BCUT2D eigenvalue weighted by atomic mass is 9.89. The van der Waals surface area contributed by atoms with E-state index in [4.69, 9.17) is 4.74 Å². The number of carbonyl (C=O) groups is 3. The fourth-order valence-electron chi connectivity index (χ4n) is 4.83. The Morgan fingerprint density at radius 1 is 1.16 bits per heavy atom.